The van der Waals surface area contributed by atoms with Crippen LogP contribution in [-0.4, -0.2) is 5.33 Å². The average molecular weight is 296 g/mol. The average Bonchev–Trinajstić information content (AvgIpc) is 2.16. The molecule has 78 valence electrons. The number of benzene rings is 1. The van der Waals surface area contributed by atoms with Crippen molar-refractivity contribution < 1.29 is 0 Å². The summed E-state index contributed by atoms with van der Waals surface area (Å²) in [7, 11) is 0. The number of rotatable bonds is 4. The van der Waals surface area contributed by atoms with Crippen LogP contribution in [0.5, 0.6) is 0 Å². The summed E-state index contributed by atoms with van der Waals surface area (Å²) >= 11 is 15.3. The maximum Gasteiger partial charge on any atom is 0.0452 e. The van der Waals surface area contributed by atoms with Crippen molar-refractivity contribution in [1.82, 2.24) is 0 Å². The minimum Gasteiger partial charge on any atom is -0.0925 e. The van der Waals surface area contributed by atoms with Crippen LogP contribution in [0.1, 0.15) is 18.9 Å². The minimum atomic E-state index is 0.682. The zero-order valence-corrected chi connectivity index (χ0v) is 11.2. The molecule has 3 heteroatoms. The molecule has 1 aromatic rings. The van der Waals surface area contributed by atoms with Crippen molar-refractivity contribution >= 4 is 39.1 Å². The van der Waals surface area contributed by atoms with Crippen molar-refractivity contribution in [2.24, 2.45) is 5.92 Å². The van der Waals surface area contributed by atoms with Crippen molar-refractivity contribution in [3.8, 4) is 0 Å². The maximum atomic E-state index is 6.06. The lowest BCUT2D eigenvalue weighted by Gasteiger charge is -2.08. The highest BCUT2D eigenvalue weighted by atomic mass is 79.9. The molecule has 0 amide bonds. The molecule has 0 nitrogen and oxygen atoms in total. The second kappa shape index (κ2) is 5.99. The predicted molar refractivity (Wildman–Crippen MR) is 67.7 cm³/mol. The summed E-state index contributed by atoms with van der Waals surface area (Å²) in [5, 5.41) is 2.52. The lowest BCUT2D eigenvalue weighted by molar-refractivity contribution is 0.600. The van der Waals surface area contributed by atoms with Crippen molar-refractivity contribution in [2.75, 3.05) is 5.33 Å². The first-order valence-corrected chi connectivity index (χ1v) is 6.51. The van der Waals surface area contributed by atoms with Crippen molar-refractivity contribution in [1.29, 1.82) is 0 Å². The molecular weight excluding hydrogens is 283 g/mol. The summed E-state index contributed by atoms with van der Waals surface area (Å²) < 4.78 is 0. The SMILES string of the molecule is CC(CBr)CCc1ccc(Cl)cc1Cl. The van der Waals surface area contributed by atoms with Gasteiger partial charge in [0.05, 0.1) is 0 Å². The zero-order chi connectivity index (χ0) is 10.6. The van der Waals surface area contributed by atoms with Gasteiger partial charge >= 0.3 is 0 Å². The number of alkyl halides is 1. The van der Waals surface area contributed by atoms with Crippen LogP contribution in [0.25, 0.3) is 0 Å². The molecule has 0 aliphatic heterocycles. The Morgan fingerprint density at radius 3 is 2.64 bits per heavy atom. The van der Waals surface area contributed by atoms with E-state index in [0.717, 1.165) is 23.2 Å². The Kier molecular flexibility index (Phi) is 5.29. The third-order valence-electron chi connectivity index (χ3n) is 2.18. The molecule has 1 rings (SSSR count). The Morgan fingerprint density at radius 1 is 1.36 bits per heavy atom. The van der Waals surface area contributed by atoms with Crippen LogP contribution in [0.4, 0.5) is 0 Å². The van der Waals surface area contributed by atoms with Crippen molar-refractivity contribution in [3.63, 3.8) is 0 Å². The fourth-order valence-electron chi connectivity index (χ4n) is 1.20. The van der Waals surface area contributed by atoms with Crippen molar-refractivity contribution in [2.45, 2.75) is 19.8 Å². The second-order valence-electron chi connectivity index (χ2n) is 3.53. The van der Waals surface area contributed by atoms with Gasteiger partial charge in [-0.1, -0.05) is 52.1 Å². The molecule has 0 aliphatic carbocycles. The van der Waals surface area contributed by atoms with E-state index in [-0.39, 0.29) is 0 Å². The lowest BCUT2D eigenvalue weighted by atomic mass is 10.0. The third-order valence-corrected chi connectivity index (χ3v) is 3.88. The Hall–Kier alpha value is 0.280. The van der Waals surface area contributed by atoms with Crippen LogP contribution in [0.2, 0.25) is 10.0 Å². The van der Waals surface area contributed by atoms with Crippen LogP contribution in [0, 0.1) is 5.92 Å². The summed E-state index contributed by atoms with van der Waals surface area (Å²) in [6.45, 7) is 2.22. The van der Waals surface area contributed by atoms with Crippen LogP contribution in [0.3, 0.4) is 0 Å². The van der Waals surface area contributed by atoms with Gasteiger partial charge in [0.15, 0.2) is 0 Å². The summed E-state index contributed by atoms with van der Waals surface area (Å²) in [5.41, 5.74) is 1.18. The molecule has 0 aliphatic rings. The first-order valence-electron chi connectivity index (χ1n) is 4.63. The van der Waals surface area contributed by atoms with Crippen LogP contribution in [-0.2, 0) is 6.42 Å². The largest absolute Gasteiger partial charge is 0.0925 e. The van der Waals surface area contributed by atoms with Crippen LogP contribution < -0.4 is 0 Å². The highest BCUT2D eigenvalue weighted by Gasteiger charge is 2.04. The van der Waals surface area contributed by atoms with Crippen LogP contribution in [0.15, 0.2) is 18.2 Å². The Balaban J connectivity index is 2.59. The van der Waals surface area contributed by atoms with Gasteiger partial charge in [0.1, 0.15) is 0 Å². The second-order valence-corrected chi connectivity index (χ2v) is 5.02. The molecule has 0 spiro atoms. The molecule has 1 aromatic carbocycles. The van der Waals surface area contributed by atoms with Gasteiger partial charge in [-0.15, -0.1) is 0 Å². The number of aryl methyl sites for hydroxylation is 1. The van der Waals surface area contributed by atoms with Gasteiger partial charge in [0.2, 0.25) is 0 Å². The van der Waals surface area contributed by atoms with Gasteiger partial charge in [-0.3, -0.25) is 0 Å². The highest BCUT2D eigenvalue weighted by Crippen LogP contribution is 2.23. The van der Waals surface area contributed by atoms with E-state index in [4.69, 9.17) is 23.2 Å². The molecule has 0 fully saturated rings. The molecule has 0 saturated heterocycles. The fraction of sp³-hybridized carbons (Fsp3) is 0.455. The monoisotopic (exact) mass is 294 g/mol. The molecule has 0 heterocycles. The Labute approximate surface area is 104 Å². The van der Waals surface area contributed by atoms with E-state index in [9.17, 15) is 0 Å². The van der Waals surface area contributed by atoms with Crippen molar-refractivity contribution in [3.05, 3.63) is 33.8 Å². The normalized spacial score (nSPS) is 12.9. The van der Waals surface area contributed by atoms with E-state index in [0.29, 0.717) is 10.9 Å². The molecule has 14 heavy (non-hydrogen) atoms. The molecular formula is C11H13BrCl2. The van der Waals surface area contributed by atoms with Gasteiger partial charge in [-0.2, -0.15) is 0 Å². The fourth-order valence-corrected chi connectivity index (χ4v) is 2.03. The standard InChI is InChI=1S/C11H13BrCl2/c1-8(7-12)2-3-9-4-5-10(13)6-11(9)14/h4-6,8H,2-3,7H2,1H3. The molecule has 0 saturated carbocycles. The minimum absolute atomic E-state index is 0.682. The van der Waals surface area contributed by atoms with E-state index in [2.05, 4.69) is 22.9 Å². The third kappa shape index (κ3) is 3.80. The number of hydrogen-bond donors (Lipinski definition) is 0. The molecule has 0 N–H and O–H groups in total. The number of hydrogen-bond acceptors (Lipinski definition) is 0. The lowest BCUT2D eigenvalue weighted by Crippen LogP contribution is -1.98. The maximum absolute atomic E-state index is 6.06. The first-order chi connectivity index (χ1) is 6.63. The van der Waals surface area contributed by atoms with E-state index in [1.54, 1.807) is 6.07 Å². The summed E-state index contributed by atoms with van der Waals surface area (Å²) in [6.07, 6.45) is 2.16. The van der Waals surface area contributed by atoms with E-state index < -0.39 is 0 Å². The van der Waals surface area contributed by atoms with Gasteiger partial charge < -0.3 is 0 Å². The number of halogens is 3. The van der Waals surface area contributed by atoms with Gasteiger partial charge in [0, 0.05) is 15.4 Å². The van der Waals surface area contributed by atoms with Crippen LogP contribution >= 0.6 is 39.1 Å². The molecule has 0 radical (unpaired) electrons. The quantitative estimate of drug-likeness (QED) is 0.689. The summed E-state index contributed by atoms with van der Waals surface area (Å²) in [5.74, 6) is 0.682. The summed E-state index contributed by atoms with van der Waals surface area (Å²) in [6, 6.07) is 5.70. The molecule has 0 bridgehead atoms. The van der Waals surface area contributed by atoms with Gasteiger partial charge in [-0.25, -0.2) is 0 Å². The zero-order valence-electron chi connectivity index (χ0n) is 8.06. The molecule has 0 aromatic heterocycles. The highest BCUT2D eigenvalue weighted by molar-refractivity contribution is 9.09. The first kappa shape index (κ1) is 12.4. The van der Waals surface area contributed by atoms with Gasteiger partial charge in [0.25, 0.3) is 0 Å². The predicted octanol–water partition coefficient (Wildman–Crippen LogP) is 4.96. The Bertz CT molecular complexity index is 299. The van der Waals surface area contributed by atoms with E-state index >= 15 is 0 Å². The molecule has 1 atom stereocenters. The van der Waals surface area contributed by atoms with E-state index in [1.807, 2.05) is 12.1 Å². The summed E-state index contributed by atoms with van der Waals surface area (Å²) in [4.78, 5) is 0. The topological polar surface area (TPSA) is 0 Å². The van der Waals surface area contributed by atoms with E-state index in [1.165, 1.54) is 5.56 Å². The smallest absolute Gasteiger partial charge is 0.0452 e. The Morgan fingerprint density at radius 2 is 2.07 bits per heavy atom. The molecule has 1 unspecified atom stereocenters. The van der Waals surface area contributed by atoms with Gasteiger partial charge in [-0.05, 0) is 36.5 Å².